The van der Waals surface area contributed by atoms with E-state index in [2.05, 4.69) is 0 Å². The SMILES string of the molecule is C[C@H](OC(=O)Cc1coc2cc(O)ccc12)C(=O)N(Cc1ccccc1)C(C)(C)C. The van der Waals surface area contributed by atoms with E-state index in [1.165, 1.54) is 18.4 Å². The van der Waals surface area contributed by atoms with Crippen LogP contribution in [0.4, 0.5) is 0 Å². The van der Waals surface area contributed by atoms with Crippen molar-refractivity contribution in [3.63, 3.8) is 0 Å². The molecular formula is C24H27NO5. The Morgan fingerprint density at radius 2 is 1.83 bits per heavy atom. The highest BCUT2D eigenvalue weighted by molar-refractivity contribution is 5.88. The minimum absolute atomic E-state index is 0.0242. The molecule has 0 saturated heterocycles. The van der Waals surface area contributed by atoms with E-state index in [1.807, 2.05) is 51.1 Å². The largest absolute Gasteiger partial charge is 0.508 e. The van der Waals surface area contributed by atoms with Gasteiger partial charge in [0.1, 0.15) is 11.3 Å². The smallest absolute Gasteiger partial charge is 0.311 e. The van der Waals surface area contributed by atoms with Crippen molar-refractivity contribution in [1.82, 2.24) is 4.90 Å². The van der Waals surface area contributed by atoms with Crippen LogP contribution >= 0.6 is 0 Å². The van der Waals surface area contributed by atoms with Gasteiger partial charge in [-0.3, -0.25) is 9.59 Å². The number of carbonyl (C=O) groups excluding carboxylic acids is 2. The van der Waals surface area contributed by atoms with Crippen LogP contribution in [-0.2, 0) is 27.3 Å². The Bertz CT molecular complexity index is 1030. The average Bonchev–Trinajstić information content (AvgIpc) is 3.07. The first kappa shape index (κ1) is 21.4. The third-order valence-electron chi connectivity index (χ3n) is 4.89. The number of furan rings is 1. The maximum Gasteiger partial charge on any atom is 0.311 e. The Labute approximate surface area is 176 Å². The quantitative estimate of drug-likeness (QED) is 0.609. The molecule has 6 heteroatoms. The first-order valence-corrected chi connectivity index (χ1v) is 9.89. The Morgan fingerprint density at radius 1 is 1.13 bits per heavy atom. The lowest BCUT2D eigenvalue weighted by atomic mass is 10.0. The van der Waals surface area contributed by atoms with E-state index in [0.717, 1.165) is 10.9 Å². The summed E-state index contributed by atoms with van der Waals surface area (Å²) in [7, 11) is 0. The van der Waals surface area contributed by atoms with Crippen LogP contribution in [0, 0.1) is 0 Å². The highest BCUT2D eigenvalue weighted by Gasteiger charge is 2.31. The molecule has 0 unspecified atom stereocenters. The summed E-state index contributed by atoms with van der Waals surface area (Å²) in [6.07, 6.45) is 0.529. The van der Waals surface area contributed by atoms with Crippen LogP contribution in [-0.4, -0.2) is 33.5 Å². The van der Waals surface area contributed by atoms with Gasteiger partial charge in [0.2, 0.25) is 0 Å². The van der Waals surface area contributed by atoms with E-state index in [1.54, 1.807) is 17.9 Å². The molecular weight excluding hydrogens is 382 g/mol. The van der Waals surface area contributed by atoms with Crippen LogP contribution < -0.4 is 0 Å². The number of phenols is 1. The normalized spacial score (nSPS) is 12.5. The number of benzene rings is 2. The first-order chi connectivity index (χ1) is 14.1. The molecule has 0 fully saturated rings. The second-order valence-electron chi connectivity index (χ2n) is 8.33. The molecule has 1 atom stereocenters. The molecule has 1 aromatic heterocycles. The molecule has 0 spiro atoms. The summed E-state index contributed by atoms with van der Waals surface area (Å²) in [5.74, 6) is -0.673. The second kappa shape index (κ2) is 8.61. The molecule has 0 aliphatic heterocycles. The van der Waals surface area contributed by atoms with Gasteiger partial charge in [-0.25, -0.2) is 0 Å². The monoisotopic (exact) mass is 409 g/mol. The third kappa shape index (κ3) is 5.00. The van der Waals surface area contributed by atoms with Crippen LogP contribution in [0.2, 0.25) is 0 Å². The zero-order valence-electron chi connectivity index (χ0n) is 17.7. The molecule has 1 N–H and O–H groups in total. The highest BCUT2D eigenvalue weighted by Crippen LogP contribution is 2.26. The summed E-state index contributed by atoms with van der Waals surface area (Å²) < 4.78 is 10.8. The fourth-order valence-electron chi connectivity index (χ4n) is 3.28. The molecule has 158 valence electrons. The number of aromatic hydroxyl groups is 1. The van der Waals surface area contributed by atoms with Gasteiger partial charge in [-0.05, 0) is 45.4 Å². The summed E-state index contributed by atoms with van der Waals surface area (Å²) in [5, 5.41) is 10.3. The lowest BCUT2D eigenvalue weighted by Crippen LogP contribution is -2.49. The van der Waals surface area contributed by atoms with Crippen LogP contribution in [0.15, 0.2) is 59.2 Å². The van der Waals surface area contributed by atoms with Crippen LogP contribution in [0.5, 0.6) is 5.75 Å². The number of esters is 1. The average molecular weight is 409 g/mol. The molecule has 1 amide bonds. The van der Waals surface area contributed by atoms with E-state index >= 15 is 0 Å². The number of phenolic OH excluding ortho intramolecular Hbond substituents is 1. The molecule has 0 aliphatic rings. The molecule has 0 saturated carbocycles. The number of amides is 1. The number of carbonyl (C=O) groups is 2. The van der Waals surface area contributed by atoms with Crippen molar-refractivity contribution in [2.24, 2.45) is 0 Å². The van der Waals surface area contributed by atoms with Crippen molar-refractivity contribution in [3.05, 3.63) is 65.9 Å². The topological polar surface area (TPSA) is 80.0 Å². The van der Waals surface area contributed by atoms with E-state index in [9.17, 15) is 14.7 Å². The van der Waals surface area contributed by atoms with E-state index in [-0.39, 0.29) is 18.1 Å². The second-order valence-corrected chi connectivity index (χ2v) is 8.33. The van der Waals surface area contributed by atoms with E-state index in [4.69, 9.17) is 9.15 Å². The number of ether oxygens (including phenoxy) is 1. The van der Waals surface area contributed by atoms with Gasteiger partial charge in [0.15, 0.2) is 6.10 Å². The van der Waals surface area contributed by atoms with Gasteiger partial charge >= 0.3 is 5.97 Å². The molecule has 3 aromatic rings. The predicted octanol–water partition coefficient (Wildman–Crippen LogP) is 4.44. The fraction of sp³-hybridized carbons (Fsp3) is 0.333. The molecule has 0 radical (unpaired) electrons. The molecule has 2 aromatic carbocycles. The van der Waals surface area contributed by atoms with Gasteiger partial charge in [0.25, 0.3) is 5.91 Å². The summed E-state index contributed by atoms with van der Waals surface area (Å²) in [4.78, 5) is 27.3. The Morgan fingerprint density at radius 3 is 2.50 bits per heavy atom. The number of rotatable bonds is 6. The van der Waals surface area contributed by atoms with Gasteiger partial charge in [-0.1, -0.05) is 30.3 Å². The van der Waals surface area contributed by atoms with E-state index < -0.39 is 17.6 Å². The third-order valence-corrected chi connectivity index (χ3v) is 4.89. The lowest BCUT2D eigenvalue weighted by Gasteiger charge is -2.37. The molecule has 6 nitrogen and oxygen atoms in total. The number of nitrogens with zero attached hydrogens (tertiary/aromatic N) is 1. The number of hydrogen-bond acceptors (Lipinski definition) is 5. The highest BCUT2D eigenvalue weighted by atomic mass is 16.5. The number of hydrogen-bond donors (Lipinski definition) is 1. The van der Waals surface area contributed by atoms with Crippen molar-refractivity contribution in [1.29, 1.82) is 0 Å². The van der Waals surface area contributed by atoms with Crippen molar-refractivity contribution < 1.29 is 23.8 Å². The van der Waals surface area contributed by atoms with Crippen LogP contribution in [0.1, 0.15) is 38.8 Å². The minimum atomic E-state index is -0.914. The summed E-state index contributed by atoms with van der Waals surface area (Å²) in [6.45, 7) is 7.89. The van der Waals surface area contributed by atoms with Crippen molar-refractivity contribution in [2.45, 2.75) is 52.3 Å². The van der Waals surface area contributed by atoms with Gasteiger partial charge in [0, 0.05) is 29.1 Å². The Balaban J connectivity index is 1.68. The number of fused-ring (bicyclic) bond motifs is 1. The summed E-state index contributed by atoms with van der Waals surface area (Å²) >= 11 is 0. The van der Waals surface area contributed by atoms with Gasteiger partial charge < -0.3 is 19.2 Å². The zero-order chi connectivity index (χ0) is 21.9. The van der Waals surface area contributed by atoms with Crippen LogP contribution in [0.25, 0.3) is 11.0 Å². The fourth-order valence-corrected chi connectivity index (χ4v) is 3.28. The Hall–Kier alpha value is -3.28. The molecule has 0 bridgehead atoms. The summed E-state index contributed by atoms with van der Waals surface area (Å²) in [6, 6.07) is 14.4. The lowest BCUT2D eigenvalue weighted by molar-refractivity contribution is -0.161. The first-order valence-electron chi connectivity index (χ1n) is 9.89. The molecule has 30 heavy (non-hydrogen) atoms. The van der Waals surface area contributed by atoms with Crippen molar-refractivity contribution in [2.75, 3.05) is 0 Å². The minimum Gasteiger partial charge on any atom is -0.508 e. The van der Waals surface area contributed by atoms with Crippen molar-refractivity contribution >= 4 is 22.8 Å². The summed E-state index contributed by atoms with van der Waals surface area (Å²) in [5.41, 5.74) is 1.71. The van der Waals surface area contributed by atoms with Crippen LogP contribution in [0.3, 0.4) is 0 Å². The predicted molar refractivity (Wildman–Crippen MR) is 114 cm³/mol. The van der Waals surface area contributed by atoms with Gasteiger partial charge in [-0.15, -0.1) is 0 Å². The Kier molecular flexibility index (Phi) is 6.15. The maximum atomic E-state index is 13.1. The maximum absolute atomic E-state index is 13.1. The molecule has 3 rings (SSSR count). The van der Waals surface area contributed by atoms with Gasteiger partial charge in [0.05, 0.1) is 12.7 Å². The molecule has 0 aliphatic carbocycles. The standard InChI is InChI=1S/C24H27NO5/c1-16(23(28)25(24(2,3)4)14-17-8-6-5-7-9-17)30-22(27)12-18-15-29-21-13-19(26)10-11-20(18)21/h5-11,13,15-16,26H,12,14H2,1-4H3/t16-/m0/s1. The zero-order valence-corrected chi connectivity index (χ0v) is 17.7. The van der Waals surface area contributed by atoms with Gasteiger partial charge in [-0.2, -0.15) is 0 Å². The molecule has 1 heterocycles. The van der Waals surface area contributed by atoms with E-state index in [0.29, 0.717) is 17.7 Å². The van der Waals surface area contributed by atoms with Crippen molar-refractivity contribution in [3.8, 4) is 5.75 Å².